The van der Waals surface area contributed by atoms with Crippen LogP contribution in [0.2, 0.25) is 0 Å². The average molecular weight is 546 g/mol. The van der Waals surface area contributed by atoms with Crippen LogP contribution in [0.1, 0.15) is 6.41 Å². The molecule has 0 spiro atoms. The molecule has 1 rings (SSSR count). The first-order chi connectivity index (χ1) is 14.9. The minimum absolute atomic E-state index is 0.238. The number of phosphoric acid groups is 3. The molecule has 190 valence electrons. The number of carbonyl (C=O) groups excluding carboxylic acids is 1. The lowest BCUT2D eigenvalue weighted by atomic mass is 10.5. The quantitative estimate of drug-likeness (QED) is 0.0747. The third-order valence-corrected chi connectivity index (χ3v) is 6.62. The normalized spacial score (nSPS) is 17.4. The first kappa shape index (κ1) is 29.3. The Morgan fingerprint density at radius 1 is 1.09 bits per heavy atom. The minimum atomic E-state index is -5.80. The van der Waals surface area contributed by atoms with Gasteiger partial charge in [-0.2, -0.15) is 8.62 Å². The fraction of sp³-hybridized carbons (Fsp3) is 0.500. The number of esters is 1. The Bertz CT molecular complexity index is 1090. The molecule has 20 nitrogen and oxygen atoms in total. The summed E-state index contributed by atoms with van der Waals surface area (Å²) in [6.07, 6.45) is -4.17. The van der Waals surface area contributed by atoms with Crippen molar-refractivity contribution in [1.82, 2.24) is 9.55 Å². The second kappa shape index (κ2) is 11.6. The van der Waals surface area contributed by atoms with Crippen molar-refractivity contribution in [3.05, 3.63) is 27.0 Å². The minimum Gasteiger partial charge on any atom is -0.475 e. The molecule has 0 radical (unpaired) electrons. The van der Waals surface area contributed by atoms with E-state index >= 15 is 0 Å². The van der Waals surface area contributed by atoms with Crippen molar-refractivity contribution in [1.29, 1.82) is 0 Å². The van der Waals surface area contributed by atoms with Crippen LogP contribution < -0.4 is 16.0 Å². The monoisotopic (exact) mass is 546 g/mol. The summed E-state index contributed by atoms with van der Waals surface area (Å²) >= 11 is 0. The topological polar surface area (TPSA) is 300 Å². The summed E-state index contributed by atoms with van der Waals surface area (Å²) in [5.74, 6) is -1.56. The largest absolute Gasteiger partial charge is 0.490 e. The summed E-state index contributed by atoms with van der Waals surface area (Å²) < 4.78 is 57.9. The van der Waals surface area contributed by atoms with Crippen LogP contribution in [-0.4, -0.2) is 71.9 Å². The number of ether oxygens (including phenoxy) is 3. The maximum atomic E-state index is 11.8. The summed E-state index contributed by atoms with van der Waals surface area (Å²) in [4.78, 5) is 71.2. The fourth-order valence-corrected chi connectivity index (χ4v) is 4.65. The Morgan fingerprint density at radius 3 is 2.24 bits per heavy atom. The van der Waals surface area contributed by atoms with E-state index in [4.69, 9.17) is 19.4 Å². The average Bonchev–Trinajstić information content (AvgIpc) is 2.62. The van der Waals surface area contributed by atoms with Gasteiger partial charge in [0.1, 0.15) is 6.61 Å². The summed E-state index contributed by atoms with van der Waals surface area (Å²) in [6.45, 7) is -2.14. The lowest BCUT2D eigenvalue weighted by molar-refractivity contribution is -0.252. The van der Waals surface area contributed by atoms with Gasteiger partial charge in [-0.15, -0.1) is 0 Å². The predicted octanol–water partition coefficient (Wildman–Crippen LogP) is -2.78. The van der Waals surface area contributed by atoms with Crippen LogP contribution in [0.15, 0.2) is 15.8 Å². The van der Waals surface area contributed by atoms with Crippen LogP contribution >= 0.6 is 23.5 Å². The molecule has 1 aromatic heterocycles. The Morgan fingerprint density at radius 2 is 1.70 bits per heavy atom. The van der Waals surface area contributed by atoms with Gasteiger partial charge in [-0.3, -0.25) is 14.3 Å². The number of aliphatic hydroxyl groups is 2. The van der Waals surface area contributed by atoms with Crippen molar-refractivity contribution in [2.45, 2.75) is 12.7 Å². The van der Waals surface area contributed by atoms with Crippen molar-refractivity contribution in [2.24, 2.45) is 0 Å². The van der Waals surface area contributed by atoms with Gasteiger partial charge in [0.15, 0.2) is 12.9 Å². The summed E-state index contributed by atoms with van der Waals surface area (Å²) in [6, 6.07) is 0. The first-order valence-corrected chi connectivity index (χ1v) is 12.3. The van der Waals surface area contributed by atoms with Gasteiger partial charge in [0, 0.05) is 0 Å². The summed E-state index contributed by atoms with van der Waals surface area (Å²) in [5, 5.41) is 19.4. The maximum absolute atomic E-state index is 11.8. The number of hydrogen-bond donors (Lipinski definition) is 7. The molecule has 0 aliphatic heterocycles. The lowest BCUT2D eigenvalue weighted by Gasteiger charge is -2.20. The lowest BCUT2D eigenvalue weighted by Crippen LogP contribution is -2.36. The maximum Gasteiger partial charge on any atom is 0.490 e. The van der Waals surface area contributed by atoms with Gasteiger partial charge < -0.3 is 44.0 Å². The smallest absolute Gasteiger partial charge is 0.475 e. The number of hydrogen-bond acceptors (Lipinski definition) is 14. The highest BCUT2D eigenvalue weighted by atomic mass is 31.3. The van der Waals surface area contributed by atoms with Crippen LogP contribution in [0, 0.1) is 0 Å². The van der Waals surface area contributed by atoms with Gasteiger partial charge in [-0.05, 0) is 0 Å². The van der Waals surface area contributed by atoms with E-state index in [2.05, 4.69) is 22.6 Å². The van der Waals surface area contributed by atoms with E-state index in [0.717, 1.165) is 7.11 Å². The molecule has 7 N–H and O–H groups in total. The van der Waals surface area contributed by atoms with Gasteiger partial charge in [-0.25, -0.2) is 27.9 Å². The number of nitrogens with zero attached hydrogens (tertiary/aromatic N) is 1. The van der Waals surface area contributed by atoms with Crippen molar-refractivity contribution < 1.29 is 75.6 Å². The van der Waals surface area contributed by atoms with Crippen molar-refractivity contribution in [2.75, 3.05) is 20.3 Å². The molecule has 0 saturated heterocycles. The van der Waals surface area contributed by atoms with Crippen LogP contribution in [0.25, 0.3) is 0 Å². The number of rotatable bonds is 13. The zero-order chi connectivity index (χ0) is 25.6. The molecule has 0 fully saturated rings. The zero-order valence-corrected chi connectivity index (χ0v) is 18.7. The summed E-state index contributed by atoms with van der Waals surface area (Å²) in [7, 11) is -16.0. The van der Waals surface area contributed by atoms with Crippen LogP contribution in [0.5, 0.6) is 5.75 Å². The Kier molecular flexibility index (Phi) is 10.3. The van der Waals surface area contributed by atoms with Crippen LogP contribution in [0.3, 0.4) is 0 Å². The third kappa shape index (κ3) is 10.8. The Labute approximate surface area is 181 Å². The number of phosphoric ester groups is 1. The van der Waals surface area contributed by atoms with Gasteiger partial charge in [0.05, 0.1) is 13.3 Å². The number of methoxy groups -OCH3 is 1. The molecule has 0 amide bonds. The van der Waals surface area contributed by atoms with E-state index < -0.39 is 72.4 Å². The highest BCUT2D eigenvalue weighted by Crippen LogP contribution is 2.66. The summed E-state index contributed by atoms with van der Waals surface area (Å²) in [5.41, 5.74) is -2.40. The number of aromatic amines is 1. The molecule has 23 heteroatoms. The predicted molar refractivity (Wildman–Crippen MR) is 97.0 cm³/mol. The number of nitrogens with one attached hydrogen (secondary N) is 1. The molecule has 4 atom stereocenters. The van der Waals surface area contributed by atoms with Crippen LogP contribution in [-0.2, 0) is 41.1 Å². The van der Waals surface area contributed by atoms with Crippen molar-refractivity contribution >= 4 is 29.4 Å². The van der Waals surface area contributed by atoms with E-state index in [1.165, 1.54) is 0 Å². The molecule has 0 bridgehead atoms. The molecule has 0 saturated carbocycles. The second-order valence-electron chi connectivity index (χ2n) is 5.33. The molecule has 1 aromatic rings. The van der Waals surface area contributed by atoms with E-state index in [0.29, 0.717) is 6.20 Å². The second-order valence-corrected chi connectivity index (χ2v) is 9.75. The SMILES string of the molecule is COC(=O)COc1cn([C@@H](O)OC(O)COP(=O)(O)OP(=O)(O)OP(=O)(O)O)c(=O)[nH]c1=O. The van der Waals surface area contributed by atoms with Gasteiger partial charge in [0.2, 0.25) is 12.2 Å². The Balaban J connectivity index is 2.79. The molecular weight excluding hydrogens is 529 g/mol. The first-order valence-electron chi connectivity index (χ1n) is 7.80. The van der Waals surface area contributed by atoms with E-state index in [9.17, 15) is 43.2 Å². The number of H-pyrrole nitrogens is 1. The van der Waals surface area contributed by atoms with Gasteiger partial charge in [-0.1, -0.05) is 0 Å². The van der Waals surface area contributed by atoms with Gasteiger partial charge >= 0.3 is 35.1 Å². The zero-order valence-electron chi connectivity index (χ0n) is 16.0. The molecule has 1 heterocycles. The van der Waals surface area contributed by atoms with E-state index in [-0.39, 0.29) is 4.57 Å². The molecule has 0 aromatic carbocycles. The van der Waals surface area contributed by atoms with Crippen molar-refractivity contribution in [3.63, 3.8) is 0 Å². The van der Waals surface area contributed by atoms with E-state index in [1.807, 2.05) is 0 Å². The number of carbonyl (C=O) groups is 1. The Hall–Kier alpha value is -1.76. The molecular formula is C10H17N2O18P3. The molecule has 33 heavy (non-hydrogen) atoms. The highest BCUT2D eigenvalue weighted by Gasteiger charge is 2.41. The van der Waals surface area contributed by atoms with Crippen LogP contribution in [0.4, 0.5) is 0 Å². The van der Waals surface area contributed by atoms with Gasteiger partial charge in [0.25, 0.3) is 5.56 Å². The highest BCUT2D eigenvalue weighted by molar-refractivity contribution is 7.66. The van der Waals surface area contributed by atoms with Crippen molar-refractivity contribution in [3.8, 4) is 5.75 Å². The molecule has 3 unspecified atom stereocenters. The third-order valence-electron chi connectivity index (χ3n) is 2.82. The van der Waals surface area contributed by atoms with E-state index in [1.54, 1.807) is 4.98 Å². The molecule has 0 aliphatic rings. The fourth-order valence-electron chi connectivity index (χ4n) is 1.64. The molecule has 0 aliphatic carbocycles. The number of aliphatic hydroxyl groups excluding tert-OH is 2. The number of aromatic nitrogens is 2. The standard InChI is InChI=1S/C10H17N2O18P3/c1-25-6(13)3-26-5-2-12(9(16)11-8(5)15)10(17)28-7(14)4-27-32(21,22)30-33(23,24)29-31(18,19)20/h2,7,10,14,17H,3-4H2,1H3,(H,21,22)(H,23,24)(H,11,15,16)(H2,18,19,20)/t7?,10-/m0/s1.